The molecule has 1 aliphatic rings. The summed E-state index contributed by atoms with van der Waals surface area (Å²) in [7, 11) is 0. The predicted octanol–water partition coefficient (Wildman–Crippen LogP) is 3.56. The van der Waals surface area contributed by atoms with Gasteiger partial charge in [-0.1, -0.05) is 19.9 Å². The number of nitrogens with one attached hydrogen (secondary N) is 1. The Labute approximate surface area is 128 Å². The van der Waals surface area contributed by atoms with Gasteiger partial charge in [-0.05, 0) is 43.5 Å². The van der Waals surface area contributed by atoms with Gasteiger partial charge in [-0.3, -0.25) is 9.69 Å². The van der Waals surface area contributed by atoms with Crippen LogP contribution in [-0.4, -0.2) is 34.9 Å². The largest absolute Gasteiger partial charge is 0.311 e. The number of hydrogen-bond acceptors (Lipinski definition) is 3. The monoisotopic (exact) mass is 289 g/mol. The minimum atomic E-state index is -0.0929. The van der Waals surface area contributed by atoms with Crippen LogP contribution >= 0.6 is 0 Å². The van der Waals surface area contributed by atoms with Gasteiger partial charge in [0.15, 0.2) is 0 Å². The molecular weight excluding hydrogens is 262 g/mol. The zero-order valence-corrected chi connectivity index (χ0v) is 13.8. The summed E-state index contributed by atoms with van der Waals surface area (Å²) in [5, 5.41) is 2.68. The molecule has 1 aliphatic heterocycles. The van der Waals surface area contributed by atoms with Crippen LogP contribution in [0.4, 0.5) is 5.82 Å². The molecule has 1 aromatic rings. The number of anilines is 1. The predicted molar refractivity (Wildman–Crippen MR) is 89.2 cm³/mol. The third-order valence-corrected chi connectivity index (χ3v) is 3.41. The van der Waals surface area contributed by atoms with Crippen molar-refractivity contribution in [2.24, 2.45) is 0 Å². The van der Waals surface area contributed by atoms with Crippen molar-refractivity contribution in [2.45, 2.75) is 47.1 Å². The molecule has 1 amide bonds. The summed E-state index contributed by atoms with van der Waals surface area (Å²) in [5.74, 6) is 0.515. The summed E-state index contributed by atoms with van der Waals surface area (Å²) in [6.45, 7) is 12.0. The highest BCUT2D eigenvalue weighted by Gasteiger charge is 2.15. The van der Waals surface area contributed by atoms with Crippen LogP contribution in [0.2, 0.25) is 0 Å². The van der Waals surface area contributed by atoms with E-state index >= 15 is 0 Å². The van der Waals surface area contributed by atoms with E-state index in [9.17, 15) is 4.79 Å². The zero-order valence-electron chi connectivity index (χ0n) is 13.8. The van der Waals surface area contributed by atoms with Crippen LogP contribution in [-0.2, 0) is 4.79 Å². The molecule has 0 aliphatic carbocycles. The van der Waals surface area contributed by atoms with E-state index in [1.165, 1.54) is 12.5 Å². The average molecular weight is 289 g/mol. The van der Waals surface area contributed by atoms with Crippen molar-refractivity contribution in [3.8, 4) is 0 Å². The highest BCUT2D eigenvalue weighted by Crippen LogP contribution is 2.23. The first kappa shape index (κ1) is 17.4. The van der Waals surface area contributed by atoms with E-state index in [0.717, 1.165) is 25.1 Å². The lowest BCUT2D eigenvalue weighted by Crippen LogP contribution is -2.34. The molecule has 4 nitrogen and oxygen atoms in total. The third kappa shape index (κ3) is 5.31. The van der Waals surface area contributed by atoms with Gasteiger partial charge in [0.25, 0.3) is 0 Å². The van der Waals surface area contributed by atoms with Gasteiger partial charge < -0.3 is 5.32 Å². The van der Waals surface area contributed by atoms with E-state index in [1.807, 2.05) is 32.2 Å². The van der Waals surface area contributed by atoms with Crippen molar-refractivity contribution in [2.75, 3.05) is 18.4 Å². The normalized spacial score (nSPS) is 15.0. The van der Waals surface area contributed by atoms with E-state index in [2.05, 4.69) is 35.1 Å². The summed E-state index contributed by atoms with van der Waals surface area (Å²) in [5.41, 5.74) is 2.50. The van der Waals surface area contributed by atoms with E-state index < -0.39 is 0 Å². The number of nitrogens with zero attached hydrogens (tertiary/aromatic N) is 2. The van der Waals surface area contributed by atoms with Crippen LogP contribution in [0.3, 0.4) is 0 Å². The molecule has 0 aromatic carbocycles. The first-order chi connectivity index (χ1) is 10.1. The molecule has 0 spiro atoms. The molecule has 2 heterocycles. The van der Waals surface area contributed by atoms with Crippen LogP contribution in [0.1, 0.15) is 46.6 Å². The van der Waals surface area contributed by atoms with Gasteiger partial charge in [-0.15, -0.1) is 0 Å². The molecule has 2 rings (SSSR count). The van der Waals surface area contributed by atoms with Crippen LogP contribution in [0.25, 0.3) is 5.57 Å². The molecule has 0 fully saturated rings. The van der Waals surface area contributed by atoms with Crippen LogP contribution < -0.4 is 5.32 Å². The number of hydrogen-bond donors (Lipinski definition) is 1. The van der Waals surface area contributed by atoms with Gasteiger partial charge in [-0.2, -0.15) is 0 Å². The van der Waals surface area contributed by atoms with Gasteiger partial charge in [0.1, 0.15) is 5.82 Å². The van der Waals surface area contributed by atoms with Gasteiger partial charge in [-0.25, -0.2) is 4.98 Å². The fraction of sp³-hybridized carbons (Fsp3) is 0.529. The number of carbonyl (C=O) groups is 1. The summed E-state index contributed by atoms with van der Waals surface area (Å²) >= 11 is 0. The zero-order chi connectivity index (χ0) is 15.8. The van der Waals surface area contributed by atoms with E-state index in [4.69, 9.17) is 0 Å². The lowest BCUT2D eigenvalue weighted by Gasteiger charge is -2.29. The first-order valence-electron chi connectivity index (χ1n) is 7.73. The molecule has 0 atom stereocenters. The van der Waals surface area contributed by atoms with Crippen LogP contribution in [0.15, 0.2) is 24.4 Å². The smallest absolute Gasteiger partial charge is 0.222 e. The maximum absolute atomic E-state index is 10.9. The maximum atomic E-state index is 10.9. The Bertz CT molecular complexity index is 477. The van der Waals surface area contributed by atoms with Gasteiger partial charge in [0.2, 0.25) is 5.91 Å². The highest BCUT2D eigenvalue weighted by atomic mass is 16.1. The molecule has 1 N–H and O–H groups in total. The SMILES string of the molecule is CC.CC(=O)Nc1ccc(C2=CCN(C(C)C)CC2)cn1. The molecule has 4 heteroatoms. The number of aromatic nitrogens is 1. The topological polar surface area (TPSA) is 45.2 Å². The van der Waals surface area contributed by atoms with Crippen molar-refractivity contribution in [3.63, 3.8) is 0 Å². The molecule has 0 unspecified atom stereocenters. The lowest BCUT2D eigenvalue weighted by molar-refractivity contribution is -0.114. The Morgan fingerprint density at radius 1 is 1.33 bits per heavy atom. The first-order valence-corrected chi connectivity index (χ1v) is 7.73. The molecule has 21 heavy (non-hydrogen) atoms. The Morgan fingerprint density at radius 3 is 2.48 bits per heavy atom. The fourth-order valence-corrected chi connectivity index (χ4v) is 2.25. The van der Waals surface area contributed by atoms with Crippen molar-refractivity contribution in [1.29, 1.82) is 0 Å². The molecular formula is C17H27N3O. The standard InChI is InChI=1S/C15H21N3O.C2H6/c1-11(2)18-8-6-13(7-9-18)14-4-5-15(16-10-14)17-12(3)19;1-2/h4-6,10-11H,7-9H2,1-3H3,(H,16,17,19);1-2H3. The van der Waals surface area contributed by atoms with E-state index in [1.54, 1.807) is 0 Å². The average Bonchev–Trinajstić information content (AvgIpc) is 2.49. The summed E-state index contributed by atoms with van der Waals surface area (Å²) in [6.07, 6.45) is 5.17. The van der Waals surface area contributed by atoms with Crippen LogP contribution in [0.5, 0.6) is 0 Å². The molecule has 0 saturated carbocycles. The highest BCUT2D eigenvalue weighted by molar-refractivity contribution is 5.87. The Morgan fingerprint density at radius 2 is 2.05 bits per heavy atom. The summed E-state index contributed by atoms with van der Waals surface area (Å²) in [4.78, 5) is 17.6. The van der Waals surface area contributed by atoms with Crippen LogP contribution in [0, 0.1) is 0 Å². The molecule has 0 bridgehead atoms. The molecule has 1 aromatic heterocycles. The maximum Gasteiger partial charge on any atom is 0.222 e. The van der Waals surface area contributed by atoms with Crippen molar-refractivity contribution >= 4 is 17.3 Å². The number of amides is 1. The second-order valence-electron chi connectivity index (χ2n) is 5.18. The Kier molecular flexibility index (Phi) is 7.09. The summed E-state index contributed by atoms with van der Waals surface area (Å²) < 4.78 is 0. The fourth-order valence-electron chi connectivity index (χ4n) is 2.25. The second kappa shape index (κ2) is 8.57. The van der Waals surface area contributed by atoms with Crippen molar-refractivity contribution in [3.05, 3.63) is 30.0 Å². The van der Waals surface area contributed by atoms with Gasteiger partial charge >= 0.3 is 0 Å². The minimum Gasteiger partial charge on any atom is -0.311 e. The molecule has 116 valence electrons. The van der Waals surface area contributed by atoms with Crippen molar-refractivity contribution in [1.82, 2.24) is 9.88 Å². The van der Waals surface area contributed by atoms with Gasteiger partial charge in [0.05, 0.1) is 0 Å². The summed E-state index contributed by atoms with van der Waals surface area (Å²) in [6, 6.07) is 4.47. The number of carbonyl (C=O) groups excluding carboxylic acids is 1. The quantitative estimate of drug-likeness (QED) is 0.925. The minimum absolute atomic E-state index is 0.0929. The number of pyridine rings is 1. The molecule has 0 saturated heterocycles. The van der Waals surface area contributed by atoms with E-state index in [0.29, 0.717) is 11.9 Å². The van der Waals surface area contributed by atoms with E-state index in [-0.39, 0.29) is 5.91 Å². The van der Waals surface area contributed by atoms with Gasteiger partial charge in [0, 0.05) is 32.3 Å². The Balaban J connectivity index is 0.00000106. The Hall–Kier alpha value is -1.68. The third-order valence-electron chi connectivity index (χ3n) is 3.41. The molecule has 0 radical (unpaired) electrons. The van der Waals surface area contributed by atoms with Crippen molar-refractivity contribution < 1.29 is 4.79 Å². The second-order valence-corrected chi connectivity index (χ2v) is 5.18. The number of rotatable bonds is 3. The lowest BCUT2D eigenvalue weighted by atomic mass is 10.0.